The predicted molar refractivity (Wildman–Crippen MR) is 136 cm³/mol. The number of hydrogen-bond donors (Lipinski definition) is 3. The number of carbonyl (C=O) groups excluding carboxylic acids is 2. The Morgan fingerprint density at radius 1 is 1.06 bits per heavy atom. The van der Waals surface area contributed by atoms with Crippen molar-refractivity contribution in [3.63, 3.8) is 0 Å². The summed E-state index contributed by atoms with van der Waals surface area (Å²) < 4.78 is 20.0. The highest BCUT2D eigenvalue weighted by Gasteiger charge is 2.17. The van der Waals surface area contributed by atoms with Gasteiger partial charge in [0.05, 0.1) is 11.3 Å². The van der Waals surface area contributed by atoms with Gasteiger partial charge in [0.25, 0.3) is 5.91 Å². The van der Waals surface area contributed by atoms with Crippen LogP contribution in [0.4, 0.5) is 14.9 Å². The summed E-state index contributed by atoms with van der Waals surface area (Å²) in [6.07, 6.45) is 2.20. The van der Waals surface area contributed by atoms with Crippen LogP contribution in [0.1, 0.15) is 36.3 Å². The van der Waals surface area contributed by atoms with E-state index in [4.69, 9.17) is 4.74 Å². The number of amides is 3. The molecule has 0 unspecified atom stereocenters. The van der Waals surface area contributed by atoms with Crippen molar-refractivity contribution in [2.75, 3.05) is 26.0 Å². The topological polar surface area (TPSA) is 92.4 Å². The fourth-order valence-electron chi connectivity index (χ4n) is 3.55. The van der Waals surface area contributed by atoms with Gasteiger partial charge in [-0.05, 0) is 85.3 Å². The third kappa shape index (κ3) is 6.64. The van der Waals surface area contributed by atoms with E-state index in [0.29, 0.717) is 18.7 Å². The Labute approximate surface area is 205 Å². The van der Waals surface area contributed by atoms with Gasteiger partial charge in [0.2, 0.25) is 0 Å². The molecule has 2 aromatic carbocycles. The number of aromatic nitrogens is 1. The number of ether oxygens (including phenoxy) is 1. The van der Waals surface area contributed by atoms with Crippen molar-refractivity contribution < 1.29 is 18.7 Å². The maximum absolute atomic E-state index is 14.7. The van der Waals surface area contributed by atoms with Crippen LogP contribution in [0.25, 0.3) is 22.3 Å². The quantitative estimate of drug-likeness (QED) is 0.417. The predicted octanol–water partition coefficient (Wildman–Crippen LogP) is 5.16. The van der Waals surface area contributed by atoms with Gasteiger partial charge < -0.3 is 20.7 Å². The number of nitrogens with one attached hydrogen (secondary N) is 3. The molecular weight excluding hydrogens is 447 g/mol. The summed E-state index contributed by atoms with van der Waals surface area (Å²) in [5, 5.41) is 7.91. The van der Waals surface area contributed by atoms with Crippen LogP contribution < -0.4 is 16.0 Å². The summed E-state index contributed by atoms with van der Waals surface area (Å²) in [5.41, 5.74) is 4.12. The number of urea groups is 1. The van der Waals surface area contributed by atoms with Gasteiger partial charge in [-0.3, -0.25) is 9.78 Å². The Morgan fingerprint density at radius 3 is 2.49 bits per heavy atom. The number of hydrogen-bond acceptors (Lipinski definition) is 4. The fourth-order valence-corrected chi connectivity index (χ4v) is 3.55. The summed E-state index contributed by atoms with van der Waals surface area (Å²) in [6, 6.07) is 13.8. The molecule has 3 aromatic rings. The summed E-state index contributed by atoms with van der Waals surface area (Å²) >= 11 is 0. The third-order valence-electron chi connectivity index (χ3n) is 5.85. The second kappa shape index (κ2) is 11.1. The second-order valence-electron chi connectivity index (χ2n) is 8.83. The summed E-state index contributed by atoms with van der Waals surface area (Å²) in [7, 11) is 3.18. The zero-order valence-electron chi connectivity index (χ0n) is 20.7. The van der Waals surface area contributed by atoms with Crippen molar-refractivity contribution in [1.29, 1.82) is 0 Å². The van der Waals surface area contributed by atoms with Crippen LogP contribution in [0.3, 0.4) is 0 Å². The average molecular weight is 479 g/mol. The summed E-state index contributed by atoms with van der Waals surface area (Å²) in [4.78, 5) is 28.4. The molecule has 3 N–H and O–H groups in total. The number of halogens is 1. The van der Waals surface area contributed by atoms with Crippen molar-refractivity contribution in [3.8, 4) is 22.3 Å². The molecule has 0 aliphatic rings. The van der Waals surface area contributed by atoms with Crippen molar-refractivity contribution in [3.05, 3.63) is 71.8 Å². The number of carbonyl (C=O) groups is 2. The number of anilines is 1. The molecule has 0 saturated carbocycles. The molecule has 0 atom stereocenters. The van der Waals surface area contributed by atoms with E-state index in [0.717, 1.165) is 27.8 Å². The van der Waals surface area contributed by atoms with Crippen LogP contribution in [-0.2, 0) is 4.74 Å². The van der Waals surface area contributed by atoms with Crippen LogP contribution in [0.5, 0.6) is 0 Å². The van der Waals surface area contributed by atoms with Crippen LogP contribution in [0.2, 0.25) is 0 Å². The lowest BCUT2D eigenvalue weighted by Gasteiger charge is -2.22. The van der Waals surface area contributed by atoms with Crippen LogP contribution in [-0.4, -0.2) is 43.2 Å². The van der Waals surface area contributed by atoms with Gasteiger partial charge in [-0.25, -0.2) is 9.18 Å². The van der Waals surface area contributed by atoms with E-state index in [1.807, 2.05) is 51.1 Å². The molecule has 3 rings (SSSR count). The zero-order chi connectivity index (χ0) is 25.6. The first-order valence-electron chi connectivity index (χ1n) is 11.3. The van der Waals surface area contributed by atoms with Gasteiger partial charge in [-0.15, -0.1) is 0 Å². The molecule has 0 saturated heterocycles. The third-order valence-corrected chi connectivity index (χ3v) is 5.85. The number of aryl methyl sites for hydroxylation is 1. The first kappa shape index (κ1) is 25.8. The van der Waals surface area contributed by atoms with Crippen molar-refractivity contribution in [2.45, 2.75) is 32.8 Å². The van der Waals surface area contributed by atoms with E-state index < -0.39 is 11.8 Å². The van der Waals surface area contributed by atoms with E-state index in [1.165, 1.54) is 6.07 Å². The Kier molecular flexibility index (Phi) is 8.19. The van der Waals surface area contributed by atoms with Crippen LogP contribution >= 0.6 is 0 Å². The number of methoxy groups -OCH3 is 1. The number of nitrogens with zero attached hydrogens (tertiary/aromatic N) is 1. The molecular formula is C27H31FN4O3. The molecule has 1 aromatic heterocycles. The monoisotopic (exact) mass is 478 g/mol. The van der Waals surface area contributed by atoms with Gasteiger partial charge in [-0.1, -0.05) is 18.2 Å². The Hall–Kier alpha value is -3.78. The minimum atomic E-state index is -0.515. The summed E-state index contributed by atoms with van der Waals surface area (Å²) in [5.74, 6) is -0.781. The molecule has 1 heterocycles. The lowest BCUT2D eigenvalue weighted by molar-refractivity contribution is 0.0165. The van der Waals surface area contributed by atoms with Gasteiger partial charge >= 0.3 is 6.03 Å². The van der Waals surface area contributed by atoms with Crippen molar-refractivity contribution in [2.24, 2.45) is 0 Å². The van der Waals surface area contributed by atoms with Gasteiger partial charge in [0.1, 0.15) is 11.5 Å². The zero-order valence-corrected chi connectivity index (χ0v) is 20.7. The standard InChI is InChI=1S/C27H31FN4O3/c1-17-13-22(28)23(32-26(34)31-12-10-27(2,3)35-5)16-21(17)20-8-6-7-18(14-20)19-9-11-30-24(15-19)25(33)29-4/h6-9,11,13-16H,10,12H2,1-5H3,(H,29,33)(H2,31,32,34). The fraction of sp³-hybridized carbons (Fsp3) is 0.296. The molecule has 0 radical (unpaired) electrons. The van der Waals surface area contributed by atoms with E-state index in [9.17, 15) is 14.0 Å². The second-order valence-corrected chi connectivity index (χ2v) is 8.83. The largest absolute Gasteiger partial charge is 0.379 e. The molecule has 184 valence electrons. The van der Waals surface area contributed by atoms with Gasteiger partial charge in [0.15, 0.2) is 0 Å². The molecule has 0 spiro atoms. The normalized spacial score (nSPS) is 11.1. The maximum Gasteiger partial charge on any atom is 0.319 e. The highest BCUT2D eigenvalue weighted by atomic mass is 19.1. The minimum Gasteiger partial charge on any atom is -0.379 e. The molecule has 35 heavy (non-hydrogen) atoms. The molecule has 0 aliphatic heterocycles. The first-order chi connectivity index (χ1) is 16.6. The van der Waals surface area contributed by atoms with E-state index in [2.05, 4.69) is 20.9 Å². The molecule has 3 amide bonds. The average Bonchev–Trinajstić information content (AvgIpc) is 2.85. The van der Waals surface area contributed by atoms with Crippen molar-refractivity contribution >= 4 is 17.6 Å². The first-order valence-corrected chi connectivity index (χ1v) is 11.3. The molecule has 7 nitrogen and oxygen atoms in total. The molecule has 0 fully saturated rings. The molecule has 0 bridgehead atoms. The van der Waals surface area contributed by atoms with Gasteiger partial charge in [-0.2, -0.15) is 0 Å². The van der Waals surface area contributed by atoms with Crippen LogP contribution in [0.15, 0.2) is 54.7 Å². The number of rotatable bonds is 8. The van der Waals surface area contributed by atoms with Crippen LogP contribution in [0, 0.1) is 12.7 Å². The number of benzene rings is 2. The highest BCUT2D eigenvalue weighted by Crippen LogP contribution is 2.32. The minimum absolute atomic E-state index is 0.0883. The van der Waals surface area contributed by atoms with Crippen molar-refractivity contribution in [1.82, 2.24) is 15.6 Å². The molecule has 8 heteroatoms. The lowest BCUT2D eigenvalue weighted by Crippen LogP contribution is -2.34. The Balaban J connectivity index is 1.84. The van der Waals surface area contributed by atoms with E-state index in [1.54, 1.807) is 32.5 Å². The van der Waals surface area contributed by atoms with Gasteiger partial charge in [0, 0.05) is 26.9 Å². The highest BCUT2D eigenvalue weighted by molar-refractivity contribution is 5.93. The Morgan fingerprint density at radius 2 is 1.77 bits per heavy atom. The number of pyridine rings is 1. The smallest absolute Gasteiger partial charge is 0.319 e. The SMILES string of the molecule is CNC(=O)c1cc(-c2cccc(-c3cc(NC(=O)NCCC(C)(C)OC)c(F)cc3C)c2)ccn1. The lowest BCUT2D eigenvalue weighted by atomic mass is 9.96. The van der Waals surface area contributed by atoms with E-state index >= 15 is 0 Å². The summed E-state index contributed by atoms with van der Waals surface area (Å²) in [6.45, 7) is 6.06. The molecule has 0 aliphatic carbocycles. The van der Waals surface area contributed by atoms with E-state index in [-0.39, 0.29) is 17.2 Å². The maximum atomic E-state index is 14.7. The Bertz CT molecular complexity index is 1230.